The Morgan fingerprint density at radius 2 is 1.95 bits per heavy atom. The maximum atomic E-state index is 3.70. The van der Waals surface area contributed by atoms with Crippen molar-refractivity contribution in [2.75, 3.05) is 19.6 Å². The van der Waals surface area contributed by atoms with E-state index < -0.39 is 0 Å². The van der Waals surface area contributed by atoms with Gasteiger partial charge < -0.3 is 5.32 Å². The molecule has 0 aromatic carbocycles. The SMILES string of the molecule is CCCCCCC(C)N(CCC)CC1CCCCN1. The van der Waals surface area contributed by atoms with E-state index in [9.17, 15) is 0 Å². The second-order valence-corrected chi connectivity index (χ2v) is 6.34. The van der Waals surface area contributed by atoms with E-state index in [-0.39, 0.29) is 0 Å². The monoisotopic (exact) mass is 268 g/mol. The first-order valence-corrected chi connectivity index (χ1v) is 8.75. The van der Waals surface area contributed by atoms with E-state index in [1.54, 1.807) is 0 Å². The highest BCUT2D eigenvalue weighted by atomic mass is 15.2. The Bertz CT molecular complexity index is 199. The van der Waals surface area contributed by atoms with Crippen LogP contribution in [0.4, 0.5) is 0 Å². The summed E-state index contributed by atoms with van der Waals surface area (Å²) in [6.07, 6.45) is 12.4. The van der Waals surface area contributed by atoms with Crippen LogP contribution in [0.3, 0.4) is 0 Å². The summed E-state index contributed by atoms with van der Waals surface area (Å²) >= 11 is 0. The number of unbranched alkanes of at least 4 members (excludes halogenated alkanes) is 3. The van der Waals surface area contributed by atoms with Crippen molar-refractivity contribution in [1.29, 1.82) is 0 Å². The number of nitrogens with one attached hydrogen (secondary N) is 1. The van der Waals surface area contributed by atoms with Crippen molar-refractivity contribution in [2.45, 2.75) is 90.6 Å². The molecule has 0 radical (unpaired) electrons. The molecule has 0 saturated carbocycles. The van der Waals surface area contributed by atoms with Gasteiger partial charge in [0.05, 0.1) is 0 Å². The van der Waals surface area contributed by atoms with Gasteiger partial charge in [0.15, 0.2) is 0 Å². The molecule has 19 heavy (non-hydrogen) atoms. The molecule has 1 saturated heterocycles. The second kappa shape index (κ2) is 10.7. The van der Waals surface area contributed by atoms with Crippen LogP contribution in [0, 0.1) is 0 Å². The first kappa shape index (κ1) is 17.0. The molecular weight excluding hydrogens is 232 g/mol. The molecule has 0 aromatic heterocycles. The molecule has 2 nitrogen and oxygen atoms in total. The van der Waals surface area contributed by atoms with Crippen LogP contribution in [0.2, 0.25) is 0 Å². The lowest BCUT2D eigenvalue weighted by Crippen LogP contribution is -2.46. The van der Waals surface area contributed by atoms with Gasteiger partial charge in [-0.2, -0.15) is 0 Å². The highest BCUT2D eigenvalue weighted by molar-refractivity contribution is 4.78. The van der Waals surface area contributed by atoms with Gasteiger partial charge in [-0.1, -0.05) is 46.0 Å². The number of piperidine rings is 1. The van der Waals surface area contributed by atoms with E-state index in [1.165, 1.54) is 77.4 Å². The molecular formula is C17H36N2. The minimum Gasteiger partial charge on any atom is -0.313 e. The fraction of sp³-hybridized carbons (Fsp3) is 1.00. The summed E-state index contributed by atoms with van der Waals surface area (Å²) in [7, 11) is 0. The molecule has 0 aromatic rings. The standard InChI is InChI=1S/C17H36N2/c1-4-6-7-8-11-16(3)19(14-5-2)15-17-12-9-10-13-18-17/h16-18H,4-15H2,1-3H3. The summed E-state index contributed by atoms with van der Waals surface area (Å²) in [6.45, 7) is 10.8. The van der Waals surface area contributed by atoms with Gasteiger partial charge in [-0.15, -0.1) is 0 Å². The zero-order valence-corrected chi connectivity index (χ0v) is 13.6. The fourth-order valence-corrected chi connectivity index (χ4v) is 3.19. The molecule has 1 fully saturated rings. The highest BCUT2D eigenvalue weighted by Crippen LogP contribution is 2.15. The van der Waals surface area contributed by atoms with E-state index in [4.69, 9.17) is 0 Å². The molecule has 0 aliphatic carbocycles. The summed E-state index contributed by atoms with van der Waals surface area (Å²) in [5.41, 5.74) is 0. The van der Waals surface area contributed by atoms with E-state index in [0.29, 0.717) is 0 Å². The van der Waals surface area contributed by atoms with Gasteiger partial charge in [-0.25, -0.2) is 0 Å². The summed E-state index contributed by atoms with van der Waals surface area (Å²) in [6, 6.07) is 1.51. The van der Waals surface area contributed by atoms with Gasteiger partial charge in [0, 0.05) is 18.6 Å². The second-order valence-electron chi connectivity index (χ2n) is 6.34. The van der Waals surface area contributed by atoms with Crippen molar-refractivity contribution in [3.05, 3.63) is 0 Å². The van der Waals surface area contributed by atoms with Crippen molar-refractivity contribution in [3.8, 4) is 0 Å². The Kier molecular flexibility index (Phi) is 9.54. The maximum Gasteiger partial charge on any atom is 0.0195 e. The Balaban J connectivity index is 2.28. The van der Waals surface area contributed by atoms with Crippen molar-refractivity contribution in [2.24, 2.45) is 0 Å². The Hall–Kier alpha value is -0.0800. The quantitative estimate of drug-likeness (QED) is 0.597. The topological polar surface area (TPSA) is 15.3 Å². The molecule has 0 bridgehead atoms. The third-order valence-corrected chi connectivity index (χ3v) is 4.48. The van der Waals surface area contributed by atoms with E-state index >= 15 is 0 Å². The third kappa shape index (κ3) is 7.31. The molecule has 2 atom stereocenters. The summed E-state index contributed by atoms with van der Waals surface area (Å²) in [4.78, 5) is 2.73. The van der Waals surface area contributed by atoms with Gasteiger partial charge >= 0.3 is 0 Å². The summed E-state index contributed by atoms with van der Waals surface area (Å²) in [5, 5.41) is 3.70. The maximum absolute atomic E-state index is 3.70. The van der Waals surface area contributed by atoms with Crippen LogP contribution in [0.25, 0.3) is 0 Å². The predicted molar refractivity (Wildman–Crippen MR) is 85.7 cm³/mol. The lowest BCUT2D eigenvalue weighted by atomic mass is 10.0. The smallest absolute Gasteiger partial charge is 0.0195 e. The zero-order chi connectivity index (χ0) is 13.9. The van der Waals surface area contributed by atoms with Crippen molar-refractivity contribution in [3.63, 3.8) is 0 Å². The number of nitrogens with zero attached hydrogens (tertiary/aromatic N) is 1. The molecule has 1 heterocycles. The molecule has 114 valence electrons. The van der Waals surface area contributed by atoms with Crippen molar-refractivity contribution >= 4 is 0 Å². The number of hydrogen-bond donors (Lipinski definition) is 1. The van der Waals surface area contributed by atoms with Crippen LogP contribution in [-0.4, -0.2) is 36.6 Å². The molecule has 1 aliphatic rings. The zero-order valence-electron chi connectivity index (χ0n) is 13.6. The van der Waals surface area contributed by atoms with E-state index in [2.05, 4.69) is 31.0 Å². The Labute approximate surface area is 121 Å². The molecule has 0 amide bonds. The third-order valence-electron chi connectivity index (χ3n) is 4.48. The van der Waals surface area contributed by atoms with Gasteiger partial charge in [-0.05, 0) is 45.7 Å². The largest absolute Gasteiger partial charge is 0.313 e. The van der Waals surface area contributed by atoms with Crippen molar-refractivity contribution < 1.29 is 0 Å². The van der Waals surface area contributed by atoms with Crippen LogP contribution in [-0.2, 0) is 0 Å². The summed E-state index contributed by atoms with van der Waals surface area (Å²) in [5.74, 6) is 0. The fourth-order valence-electron chi connectivity index (χ4n) is 3.19. The van der Waals surface area contributed by atoms with Crippen LogP contribution >= 0.6 is 0 Å². The lowest BCUT2D eigenvalue weighted by molar-refractivity contribution is 0.166. The highest BCUT2D eigenvalue weighted by Gasteiger charge is 2.19. The van der Waals surface area contributed by atoms with Crippen LogP contribution < -0.4 is 5.32 Å². The molecule has 1 aliphatic heterocycles. The van der Waals surface area contributed by atoms with Gasteiger partial charge in [-0.3, -0.25) is 4.90 Å². The van der Waals surface area contributed by atoms with Crippen LogP contribution in [0.1, 0.15) is 78.6 Å². The van der Waals surface area contributed by atoms with Gasteiger partial charge in [0.1, 0.15) is 0 Å². The molecule has 2 heteroatoms. The average molecular weight is 268 g/mol. The van der Waals surface area contributed by atoms with Gasteiger partial charge in [0.2, 0.25) is 0 Å². The van der Waals surface area contributed by atoms with Crippen molar-refractivity contribution in [1.82, 2.24) is 10.2 Å². The van der Waals surface area contributed by atoms with Gasteiger partial charge in [0.25, 0.3) is 0 Å². The van der Waals surface area contributed by atoms with E-state index in [1.807, 2.05) is 0 Å². The average Bonchev–Trinajstić information content (AvgIpc) is 2.44. The Morgan fingerprint density at radius 3 is 2.58 bits per heavy atom. The Morgan fingerprint density at radius 1 is 1.11 bits per heavy atom. The molecule has 1 N–H and O–H groups in total. The minimum absolute atomic E-state index is 0.749. The normalized spacial score (nSPS) is 21.8. The molecule has 2 unspecified atom stereocenters. The minimum atomic E-state index is 0.749. The van der Waals surface area contributed by atoms with Crippen LogP contribution in [0.15, 0.2) is 0 Å². The first-order valence-electron chi connectivity index (χ1n) is 8.75. The predicted octanol–water partition coefficient (Wildman–Crippen LogP) is 4.20. The first-order chi connectivity index (χ1) is 9.27. The summed E-state index contributed by atoms with van der Waals surface area (Å²) < 4.78 is 0. The molecule has 1 rings (SSSR count). The van der Waals surface area contributed by atoms with E-state index in [0.717, 1.165) is 12.1 Å². The number of rotatable bonds is 10. The molecule has 0 spiro atoms. The van der Waals surface area contributed by atoms with Crippen LogP contribution in [0.5, 0.6) is 0 Å². The number of hydrogen-bond acceptors (Lipinski definition) is 2. The lowest BCUT2D eigenvalue weighted by Gasteiger charge is -2.34.